The summed E-state index contributed by atoms with van der Waals surface area (Å²) in [6.07, 6.45) is 1.19. The smallest absolute Gasteiger partial charge is 0.0182 e. The molecule has 0 spiro atoms. The largest absolute Gasteiger partial charge is 0.326 e. The molecule has 1 aliphatic heterocycles. The van der Waals surface area contributed by atoms with Crippen LogP contribution in [-0.4, -0.2) is 30.1 Å². The minimum absolute atomic E-state index is 0.419. The lowest BCUT2D eigenvalue weighted by Crippen LogP contribution is -2.33. The molecule has 2 N–H and O–H groups in total. The Bertz CT molecular complexity index is 123. The highest BCUT2D eigenvalue weighted by Gasteiger charge is 2.30. The van der Waals surface area contributed by atoms with Crippen molar-refractivity contribution in [1.29, 1.82) is 0 Å². The molecule has 2 atom stereocenters. The average molecular weight is 156 g/mol. The van der Waals surface area contributed by atoms with Crippen LogP contribution < -0.4 is 5.73 Å². The van der Waals surface area contributed by atoms with Crippen LogP contribution in [0.5, 0.6) is 0 Å². The molecule has 0 aromatic heterocycles. The van der Waals surface area contributed by atoms with Gasteiger partial charge in [0.05, 0.1) is 0 Å². The first-order valence-corrected chi connectivity index (χ1v) is 4.64. The number of nitrogens with two attached hydrogens (primary N) is 1. The predicted octanol–water partition coefficient (Wildman–Crippen LogP) is 1.06. The summed E-state index contributed by atoms with van der Waals surface area (Å²) in [7, 11) is 0. The van der Waals surface area contributed by atoms with Crippen LogP contribution in [0.1, 0.15) is 27.2 Å². The van der Waals surface area contributed by atoms with Gasteiger partial charge in [0.1, 0.15) is 0 Å². The summed E-state index contributed by atoms with van der Waals surface area (Å²) in [6.45, 7) is 9.03. The van der Waals surface area contributed by atoms with Crippen molar-refractivity contribution in [1.82, 2.24) is 4.90 Å². The van der Waals surface area contributed by atoms with Crippen LogP contribution in [0.3, 0.4) is 0 Å². The molecule has 11 heavy (non-hydrogen) atoms. The van der Waals surface area contributed by atoms with Gasteiger partial charge in [-0.05, 0) is 18.9 Å². The van der Waals surface area contributed by atoms with E-state index in [1.54, 1.807) is 0 Å². The van der Waals surface area contributed by atoms with Crippen LogP contribution in [-0.2, 0) is 0 Å². The third-order valence-electron chi connectivity index (χ3n) is 2.66. The summed E-state index contributed by atoms with van der Waals surface area (Å²) < 4.78 is 0. The topological polar surface area (TPSA) is 29.3 Å². The maximum absolute atomic E-state index is 5.89. The van der Waals surface area contributed by atoms with E-state index in [1.807, 2.05) is 0 Å². The Kier molecular flexibility index (Phi) is 2.90. The molecule has 0 saturated carbocycles. The van der Waals surface area contributed by atoms with Crippen LogP contribution in [0, 0.1) is 5.92 Å². The molecule has 0 aromatic carbocycles. The second-order valence-electron chi connectivity index (χ2n) is 3.89. The Morgan fingerprint density at radius 3 is 2.55 bits per heavy atom. The maximum Gasteiger partial charge on any atom is 0.0182 e. The van der Waals surface area contributed by atoms with Gasteiger partial charge in [0.2, 0.25) is 0 Å². The minimum atomic E-state index is 0.419. The molecule has 0 aliphatic carbocycles. The van der Waals surface area contributed by atoms with Crippen molar-refractivity contribution < 1.29 is 0 Å². The van der Waals surface area contributed by atoms with E-state index in [4.69, 9.17) is 5.73 Å². The van der Waals surface area contributed by atoms with E-state index in [0.717, 1.165) is 25.0 Å². The van der Waals surface area contributed by atoms with Crippen LogP contribution >= 0.6 is 0 Å². The van der Waals surface area contributed by atoms with Gasteiger partial charge in [0, 0.05) is 18.6 Å². The average Bonchev–Trinajstić information content (AvgIpc) is 2.30. The Morgan fingerprint density at radius 2 is 2.18 bits per heavy atom. The number of likely N-dealkylation sites (N-methyl/N-ethyl adjacent to an activating group) is 1. The van der Waals surface area contributed by atoms with Gasteiger partial charge >= 0.3 is 0 Å². The Labute approximate surface area is 69.8 Å². The Hall–Kier alpha value is -0.0800. The monoisotopic (exact) mass is 156 g/mol. The maximum atomic E-state index is 5.89. The standard InChI is InChI=1S/C9H20N2/c1-4-11-6-8(10)5-9(11)7(2)3/h7-9H,4-6,10H2,1-3H3/t8-,9?/m0/s1. The Morgan fingerprint density at radius 1 is 1.55 bits per heavy atom. The second kappa shape index (κ2) is 3.55. The zero-order valence-corrected chi connectivity index (χ0v) is 7.88. The first kappa shape index (κ1) is 9.01. The van der Waals surface area contributed by atoms with Crippen molar-refractivity contribution in [2.24, 2.45) is 11.7 Å². The molecule has 1 saturated heterocycles. The van der Waals surface area contributed by atoms with Crippen LogP contribution in [0.15, 0.2) is 0 Å². The van der Waals surface area contributed by atoms with E-state index in [1.165, 1.54) is 6.42 Å². The van der Waals surface area contributed by atoms with Gasteiger partial charge in [0.15, 0.2) is 0 Å². The molecular weight excluding hydrogens is 136 g/mol. The summed E-state index contributed by atoms with van der Waals surface area (Å²) in [5, 5.41) is 0. The zero-order chi connectivity index (χ0) is 8.43. The van der Waals surface area contributed by atoms with Crippen LogP contribution in [0.25, 0.3) is 0 Å². The van der Waals surface area contributed by atoms with Crippen molar-refractivity contribution in [3.05, 3.63) is 0 Å². The number of hydrogen-bond donors (Lipinski definition) is 1. The molecule has 0 bridgehead atoms. The van der Waals surface area contributed by atoms with Gasteiger partial charge in [0.25, 0.3) is 0 Å². The van der Waals surface area contributed by atoms with Gasteiger partial charge in [-0.2, -0.15) is 0 Å². The Balaban J connectivity index is 2.50. The number of nitrogens with zero attached hydrogens (tertiary/aromatic N) is 1. The number of rotatable bonds is 2. The lowest BCUT2D eigenvalue weighted by molar-refractivity contribution is 0.216. The molecule has 0 aromatic rings. The van der Waals surface area contributed by atoms with E-state index in [9.17, 15) is 0 Å². The second-order valence-corrected chi connectivity index (χ2v) is 3.89. The summed E-state index contributed by atoms with van der Waals surface area (Å²) in [5.41, 5.74) is 5.89. The number of likely N-dealkylation sites (tertiary alicyclic amines) is 1. The fraction of sp³-hybridized carbons (Fsp3) is 1.00. The van der Waals surface area contributed by atoms with Crippen molar-refractivity contribution >= 4 is 0 Å². The van der Waals surface area contributed by atoms with E-state index in [2.05, 4.69) is 25.7 Å². The molecule has 1 heterocycles. The first-order chi connectivity index (χ1) is 5.15. The third kappa shape index (κ3) is 1.94. The minimum Gasteiger partial charge on any atom is -0.326 e. The summed E-state index contributed by atoms with van der Waals surface area (Å²) in [6, 6.07) is 1.15. The zero-order valence-electron chi connectivity index (χ0n) is 7.88. The molecule has 1 fully saturated rings. The van der Waals surface area contributed by atoms with Crippen molar-refractivity contribution in [3.63, 3.8) is 0 Å². The lowest BCUT2D eigenvalue weighted by atomic mass is 10.0. The fourth-order valence-corrected chi connectivity index (χ4v) is 2.03. The van der Waals surface area contributed by atoms with Gasteiger partial charge in [-0.15, -0.1) is 0 Å². The van der Waals surface area contributed by atoms with E-state index >= 15 is 0 Å². The van der Waals surface area contributed by atoms with E-state index < -0.39 is 0 Å². The predicted molar refractivity (Wildman–Crippen MR) is 48.5 cm³/mol. The van der Waals surface area contributed by atoms with Crippen LogP contribution in [0.2, 0.25) is 0 Å². The SMILES string of the molecule is CCN1C[C@@H](N)CC1C(C)C. The molecule has 2 nitrogen and oxygen atoms in total. The van der Waals surface area contributed by atoms with Crippen molar-refractivity contribution in [2.75, 3.05) is 13.1 Å². The highest BCUT2D eigenvalue weighted by molar-refractivity contribution is 4.88. The molecule has 1 aliphatic rings. The molecular formula is C9H20N2. The summed E-state index contributed by atoms with van der Waals surface area (Å²) >= 11 is 0. The van der Waals surface area contributed by atoms with Gasteiger partial charge in [-0.3, -0.25) is 4.90 Å². The highest BCUT2D eigenvalue weighted by Crippen LogP contribution is 2.22. The molecule has 1 unspecified atom stereocenters. The van der Waals surface area contributed by atoms with Crippen molar-refractivity contribution in [2.45, 2.75) is 39.3 Å². The fourth-order valence-electron chi connectivity index (χ4n) is 2.03. The van der Waals surface area contributed by atoms with Gasteiger partial charge in [-0.25, -0.2) is 0 Å². The molecule has 66 valence electrons. The van der Waals surface area contributed by atoms with Gasteiger partial charge in [-0.1, -0.05) is 20.8 Å². The highest BCUT2D eigenvalue weighted by atomic mass is 15.2. The van der Waals surface area contributed by atoms with Crippen LogP contribution in [0.4, 0.5) is 0 Å². The van der Waals surface area contributed by atoms with Gasteiger partial charge < -0.3 is 5.73 Å². The molecule has 0 radical (unpaired) electrons. The molecule has 0 amide bonds. The molecule has 1 rings (SSSR count). The van der Waals surface area contributed by atoms with E-state index in [-0.39, 0.29) is 0 Å². The summed E-state index contributed by atoms with van der Waals surface area (Å²) in [5.74, 6) is 0.753. The quantitative estimate of drug-likeness (QED) is 0.648. The normalized spacial score (nSPS) is 33.5. The molecule has 2 heteroatoms. The first-order valence-electron chi connectivity index (χ1n) is 4.64. The third-order valence-corrected chi connectivity index (χ3v) is 2.66. The lowest BCUT2D eigenvalue weighted by Gasteiger charge is -2.25. The number of hydrogen-bond acceptors (Lipinski definition) is 2. The van der Waals surface area contributed by atoms with Crippen molar-refractivity contribution in [3.8, 4) is 0 Å². The van der Waals surface area contributed by atoms with E-state index in [0.29, 0.717) is 6.04 Å². The summed E-state index contributed by atoms with van der Waals surface area (Å²) in [4.78, 5) is 2.50.